The zero-order valence-corrected chi connectivity index (χ0v) is 11.3. The molecule has 0 bridgehead atoms. The summed E-state index contributed by atoms with van der Waals surface area (Å²) in [5.41, 5.74) is 0.471. The maximum Gasteiger partial charge on any atom is 0.151 e. The highest BCUT2D eigenvalue weighted by Crippen LogP contribution is 2.16. The molecule has 0 aromatic heterocycles. The van der Waals surface area contributed by atoms with Gasteiger partial charge in [0.05, 0.1) is 17.1 Å². The summed E-state index contributed by atoms with van der Waals surface area (Å²) in [6.45, 7) is 1.39. The highest BCUT2D eigenvalue weighted by Gasteiger charge is 2.20. The SMILES string of the molecule is N#Cc1cccc(CN2CCCS(=O)(=O)CC2)c1F. The van der Waals surface area contributed by atoms with E-state index < -0.39 is 15.7 Å². The van der Waals surface area contributed by atoms with E-state index in [2.05, 4.69) is 0 Å². The van der Waals surface area contributed by atoms with Crippen molar-refractivity contribution >= 4 is 9.84 Å². The van der Waals surface area contributed by atoms with Gasteiger partial charge in [-0.1, -0.05) is 12.1 Å². The van der Waals surface area contributed by atoms with Crippen molar-refractivity contribution < 1.29 is 12.8 Å². The van der Waals surface area contributed by atoms with Crippen molar-refractivity contribution in [3.05, 3.63) is 35.1 Å². The zero-order valence-electron chi connectivity index (χ0n) is 10.5. The molecule has 0 radical (unpaired) electrons. The fraction of sp³-hybridized carbons (Fsp3) is 0.462. The minimum atomic E-state index is -2.96. The topological polar surface area (TPSA) is 61.2 Å². The molecule has 1 aromatic rings. The van der Waals surface area contributed by atoms with Crippen molar-refractivity contribution in [3.8, 4) is 6.07 Å². The van der Waals surface area contributed by atoms with Crippen LogP contribution in [0.25, 0.3) is 0 Å². The van der Waals surface area contributed by atoms with E-state index in [9.17, 15) is 12.8 Å². The van der Waals surface area contributed by atoms with Gasteiger partial charge in [-0.05, 0) is 19.0 Å². The third-order valence-electron chi connectivity index (χ3n) is 3.24. The Kier molecular flexibility index (Phi) is 4.17. The van der Waals surface area contributed by atoms with Gasteiger partial charge in [-0.2, -0.15) is 5.26 Å². The van der Waals surface area contributed by atoms with Gasteiger partial charge in [0.25, 0.3) is 0 Å². The second-order valence-corrected chi connectivity index (χ2v) is 6.98. The number of hydrogen-bond donors (Lipinski definition) is 0. The molecular formula is C13H15FN2O2S. The van der Waals surface area contributed by atoms with Crippen LogP contribution in [0.15, 0.2) is 18.2 Å². The first-order chi connectivity index (χ1) is 9.02. The number of halogens is 1. The van der Waals surface area contributed by atoms with Gasteiger partial charge in [0.1, 0.15) is 11.9 Å². The van der Waals surface area contributed by atoms with Crippen LogP contribution in [0.4, 0.5) is 4.39 Å². The van der Waals surface area contributed by atoms with Crippen LogP contribution in [0.2, 0.25) is 0 Å². The molecule has 0 aliphatic carbocycles. The number of sulfone groups is 1. The molecule has 1 heterocycles. The third-order valence-corrected chi connectivity index (χ3v) is 4.96. The lowest BCUT2D eigenvalue weighted by atomic mass is 10.1. The highest BCUT2D eigenvalue weighted by atomic mass is 32.2. The van der Waals surface area contributed by atoms with Gasteiger partial charge in [-0.25, -0.2) is 12.8 Å². The summed E-state index contributed by atoms with van der Waals surface area (Å²) >= 11 is 0. The van der Waals surface area contributed by atoms with Crippen LogP contribution in [0, 0.1) is 17.1 Å². The standard InChI is InChI=1S/C13H15FN2O2S/c14-13-11(9-15)3-1-4-12(13)10-16-5-2-7-19(17,18)8-6-16/h1,3-4H,2,5-8,10H2. The van der Waals surface area contributed by atoms with Crippen LogP contribution in [0.5, 0.6) is 0 Å². The Labute approximate surface area is 112 Å². The Morgan fingerprint density at radius 1 is 1.32 bits per heavy atom. The molecule has 2 rings (SSSR count). The molecule has 0 N–H and O–H groups in total. The van der Waals surface area contributed by atoms with Crippen molar-refractivity contribution in [2.24, 2.45) is 0 Å². The summed E-state index contributed by atoms with van der Waals surface area (Å²) < 4.78 is 36.9. The first-order valence-corrected chi connectivity index (χ1v) is 7.94. The van der Waals surface area contributed by atoms with Crippen LogP contribution in [-0.2, 0) is 16.4 Å². The largest absolute Gasteiger partial charge is 0.298 e. The van der Waals surface area contributed by atoms with Crippen molar-refractivity contribution in [1.29, 1.82) is 5.26 Å². The van der Waals surface area contributed by atoms with Crippen LogP contribution >= 0.6 is 0 Å². The van der Waals surface area contributed by atoms with Crippen molar-refractivity contribution in [3.63, 3.8) is 0 Å². The Bertz CT molecular complexity index is 608. The lowest BCUT2D eigenvalue weighted by Gasteiger charge is -2.19. The molecule has 102 valence electrons. The molecule has 0 amide bonds. The lowest BCUT2D eigenvalue weighted by Crippen LogP contribution is -2.27. The minimum Gasteiger partial charge on any atom is -0.298 e. The molecule has 1 fully saturated rings. The van der Waals surface area contributed by atoms with Gasteiger partial charge >= 0.3 is 0 Å². The normalized spacial score (nSPS) is 19.6. The first-order valence-electron chi connectivity index (χ1n) is 6.12. The molecule has 1 aliphatic heterocycles. The van der Waals surface area contributed by atoms with Gasteiger partial charge in [0.15, 0.2) is 9.84 Å². The fourth-order valence-electron chi connectivity index (χ4n) is 2.18. The van der Waals surface area contributed by atoms with E-state index in [1.165, 1.54) is 6.07 Å². The average Bonchev–Trinajstić information content (AvgIpc) is 2.54. The predicted molar refractivity (Wildman–Crippen MR) is 69.7 cm³/mol. The Morgan fingerprint density at radius 3 is 2.84 bits per heavy atom. The summed E-state index contributed by atoms with van der Waals surface area (Å²) in [5.74, 6) is -0.186. The maximum absolute atomic E-state index is 13.9. The molecule has 6 heteroatoms. The van der Waals surface area contributed by atoms with Crippen molar-refractivity contribution in [2.75, 3.05) is 24.6 Å². The van der Waals surface area contributed by atoms with Crippen molar-refractivity contribution in [1.82, 2.24) is 4.90 Å². The average molecular weight is 282 g/mol. The number of nitriles is 1. The Hall–Kier alpha value is -1.45. The quantitative estimate of drug-likeness (QED) is 0.820. The molecule has 0 spiro atoms. The van der Waals surface area contributed by atoms with E-state index in [-0.39, 0.29) is 17.1 Å². The molecule has 1 aliphatic rings. The summed E-state index contributed by atoms with van der Waals surface area (Å²) in [7, 11) is -2.96. The minimum absolute atomic E-state index is 0.0277. The zero-order chi connectivity index (χ0) is 13.9. The fourth-order valence-corrected chi connectivity index (χ4v) is 3.49. The number of rotatable bonds is 2. The first kappa shape index (κ1) is 14.0. The lowest BCUT2D eigenvalue weighted by molar-refractivity contribution is 0.283. The summed E-state index contributed by atoms with van der Waals surface area (Å²) in [6, 6.07) is 6.52. The van der Waals surface area contributed by atoms with Crippen molar-refractivity contribution in [2.45, 2.75) is 13.0 Å². The number of hydrogen-bond acceptors (Lipinski definition) is 4. The van der Waals surface area contributed by atoms with Gasteiger partial charge in [-0.3, -0.25) is 4.90 Å². The molecule has 4 nitrogen and oxygen atoms in total. The van der Waals surface area contributed by atoms with Crippen LogP contribution < -0.4 is 0 Å². The summed E-state index contributed by atoms with van der Waals surface area (Å²) in [4.78, 5) is 1.92. The highest BCUT2D eigenvalue weighted by molar-refractivity contribution is 7.91. The van der Waals surface area contributed by atoms with Gasteiger partial charge in [-0.15, -0.1) is 0 Å². The number of nitrogens with zero attached hydrogens (tertiary/aromatic N) is 2. The Balaban J connectivity index is 2.12. The Morgan fingerprint density at radius 2 is 2.11 bits per heavy atom. The van der Waals surface area contributed by atoms with Gasteiger partial charge in [0.2, 0.25) is 0 Å². The third kappa shape index (κ3) is 3.52. The molecular weight excluding hydrogens is 267 g/mol. The van der Waals surface area contributed by atoms with Crippen LogP contribution in [0.3, 0.4) is 0 Å². The maximum atomic E-state index is 13.9. The summed E-state index contributed by atoms with van der Waals surface area (Å²) in [6.07, 6.45) is 0.571. The monoisotopic (exact) mass is 282 g/mol. The summed E-state index contributed by atoms with van der Waals surface area (Å²) in [5, 5.41) is 8.78. The van der Waals surface area contributed by atoms with E-state index in [1.807, 2.05) is 11.0 Å². The molecule has 1 aromatic carbocycles. The van der Waals surface area contributed by atoms with Gasteiger partial charge < -0.3 is 0 Å². The predicted octanol–water partition coefficient (Wildman–Crippen LogP) is 1.32. The van der Waals surface area contributed by atoms with Crippen LogP contribution in [-0.4, -0.2) is 37.9 Å². The molecule has 0 saturated carbocycles. The number of benzene rings is 1. The van der Waals surface area contributed by atoms with E-state index in [0.717, 1.165) is 0 Å². The molecule has 1 saturated heterocycles. The van der Waals surface area contributed by atoms with Gasteiger partial charge in [0, 0.05) is 18.7 Å². The molecule has 0 atom stereocenters. The van der Waals surface area contributed by atoms with Crippen LogP contribution in [0.1, 0.15) is 17.5 Å². The second-order valence-electron chi connectivity index (χ2n) is 4.67. The second kappa shape index (κ2) is 5.68. The van der Waals surface area contributed by atoms with E-state index >= 15 is 0 Å². The van der Waals surface area contributed by atoms with E-state index in [1.54, 1.807) is 12.1 Å². The van der Waals surface area contributed by atoms with E-state index in [0.29, 0.717) is 31.6 Å². The smallest absolute Gasteiger partial charge is 0.151 e. The molecule has 19 heavy (non-hydrogen) atoms. The van der Waals surface area contributed by atoms with E-state index in [4.69, 9.17) is 5.26 Å². The molecule has 0 unspecified atom stereocenters.